The number of thiocarbonyl (C=S) groups is 1. The van der Waals surface area contributed by atoms with Crippen molar-refractivity contribution in [3.63, 3.8) is 0 Å². The van der Waals surface area contributed by atoms with E-state index in [9.17, 15) is 14.9 Å². The number of hydrogen-bond donors (Lipinski definition) is 1. The van der Waals surface area contributed by atoms with Gasteiger partial charge in [0, 0.05) is 18.2 Å². The van der Waals surface area contributed by atoms with E-state index in [-0.39, 0.29) is 29.9 Å². The van der Waals surface area contributed by atoms with Crippen LogP contribution >= 0.6 is 12.2 Å². The van der Waals surface area contributed by atoms with E-state index >= 15 is 0 Å². The molecule has 1 aromatic carbocycles. The summed E-state index contributed by atoms with van der Waals surface area (Å²) in [6.45, 7) is 0.368. The highest BCUT2D eigenvalue weighted by molar-refractivity contribution is 7.80. The predicted molar refractivity (Wildman–Crippen MR) is 109 cm³/mol. The number of amides is 1. The number of nitrogens with zero attached hydrogens (tertiary/aromatic N) is 2. The molecule has 3 heterocycles. The molecule has 0 unspecified atom stereocenters. The first-order chi connectivity index (χ1) is 14.5. The highest BCUT2D eigenvalue weighted by Crippen LogP contribution is 2.21. The predicted octanol–water partition coefficient (Wildman–Crippen LogP) is 3.62. The Balaban J connectivity index is 1.39. The van der Waals surface area contributed by atoms with Crippen molar-refractivity contribution in [3.05, 3.63) is 87.9 Å². The number of carbonyl (C=O) groups is 1. The number of nitro groups is 1. The molecule has 3 aromatic rings. The van der Waals surface area contributed by atoms with E-state index in [0.717, 1.165) is 0 Å². The molecule has 0 spiro atoms. The fourth-order valence-corrected chi connectivity index (χ4v) is 3.04. The van der Waals surface area contributed by atoms with Crippen LogP contribution < -0.4 is 10.1 Å². The average molecular weight is 425 g/mol. The summed E-state index contributed by atoms with van der Waals surface area (Å²) in [5.41, 5.74) is 0.283. The van der Waals surface area contributed by atoms with Gasteiger partial charge in [-0.05, 0) is 48.6 Å². The van der Waals surface area contributed by atoms with Gasteiger partial charge >= 0.3 is 0 Å². The first-order valence-electron chi connectivity index (χ1n) is 8.82. The van der Waals surface area contributed by atoms with E-state index in [0.29, 0.717) is 28.7 Å². The normalized spacial score (nSPS) is 14.9. The van der Waals surface area contributed by atoms with Crippen molar-refractivity contribution in [2.45, 2.75) is 13.2 Å². The standard InChI is InChI=1S/C20H15N3O6S/c24-19-18(21-20(30)22(19)11-16-2-1-9-27-16)10-15-7-8-17(29-15)12-28-14-5-3-13(4-6-14)23(25)26/h1-10H,11-12H2,(H,21,30)/b18-10+. The van der Waals surface area contributed by atoms with Crippen molar-refractivity contribution in [2.24, 2.45) is 0 Å². The summed E-state index contributed by atoms with van der Waals surface area (Å²) in [7, 11) is 0. The van der Waals surface area contributed by atoms with Crippen LogP contribution in [0, 0.1) is 10.1 Å². The molecule has 0 aliphatic carbocycles. The second-order valence-electron chi connectivity index (χ2n) is 6.30. The van der Waals surface area contributed by atoms with Gasteiger partial charge in [-0.2, -0.15) is 0 Å². The van der Waals surface area contributed by atoms with Crippen molar-refractivity contribution in [3.8, 4) is 5.75 Å². The molecule has 30 heavy (non-hydrogen) atoms. The van der Waals surface area contributed by atoms with Crippen molar-refractivity contribution < 1.29 is 23.3 Å². The summed E-state index contributed by atoms with van der Waals surface area (Å²) in [5, 5.41) is 13.8. The van der Waals surface area contributed by atoms with E-state index in [1.165, 1.54) is 35.4 Å². The first-order valence-corrected chi connectivity index (χ1v) is 9.23. The lowest BCUT2D eigenvalue weighted by Gasteiger charge is -2.11. The number of furan rings is 2. The van der Waals surface area contributed by atoms with Crippen LogP contribution in [0.25, 0.3) is 6.08 Å². The van der Waals surface area contributed by atoms with E-state index < -0.39 is 4.92 Å². The smallest absolute Gasteiger partial charge is 0.277 e. The summed E-state index contributed by atoms with van der Waals surface area (Å²) in [4.78, 5) is 24.2. The fourth-order valence-electron chi connectivity index (χ4n) is 2.78. The lowest BCUT2D eigenvalue weighted by Crippen LogP contribution is -2.29. The molecule has 1 fully saturated rings. The van der Waals surface area contributed by atoms with Gasteiger partial charge in [-0.1, -0.05) is 0 Å². The Morgan fingerprint density at radius 3 is 2.67 bits per heavy atom. The Bertz CT molecular complexity index is 1120. The zero-order valence-corrected chi connectivity index (χ0v) is 16.3. The zero-order valence-electron chi connectivity index (χ0n) is 15.4. The fraction of sp³-hybridized carbons (Fsp3) is 0.100. The van der Waals surface area contributed by atoms with Crippen LogP contribution in [-0.2, 0) is 17.9 Å². The molecular formula is C20H15N3O6S. The molecule has 1 saturated heterocycles. The van der Waals surface area contributed by atoms with Crippen molar-refractivity contribution in [1.29, 1.82) is 0 Å². The van der Waals surface area contributed by atoms with Gasteiger partial charge in [-0.15, -0.1) is 0 Å². The number of rotatable bonds is 7. The third-order valence-electron chi connectivity index (χ3n) is 4.25. The monoisotopic (exact) mass is 425 g/mol. The highest BCUT2D eigenvalue weighted by Gasteiger charge is 2.31. The Kier molecular flexibility index (Phi) is 5.31. The minimum absolute atomic E-state index is 0.0120. The molecule has 1 N–H and O–H groups in total. The third kappa shape index (κ3) is 4.23. The van der Waals surface area contributed by atoms with Crippen LogP contribution in [0.2, 0.25) is 0 Å². The van der Waals surface area contributed by atoms with Gasteiger partial charge in [0.1, 0.15) is 35.3 Å². The minimum atomic E-state index is -0.476. The molecule has 1 aliphatic rings. The molecule has 10 heteroatoms. The quantitative estimate of drug-likeness (QED) is 0.264. The van der Waals surface area contributed by atoms with Crippen LogP contribution in [0.5, 0.6) is 5.75 Å². The molecule has 0 atom stereocenters. The van der Waals surface area contributed by atoms with E-state index in [1.54, 1.807) is 30.3 Å². The van der Waals surface area contributed by atoms with Crippen molar-refractivity contribution in [1.82, 2.24) is 10.2 Å². The third-order valence-corrected chi connectivity index (χ3v) is 4.58. The van der Waals surface area contributed by atoms with E-state index in [2.05, 4.69) is 5.32 Å². The van der Waals surface area contributed by atoms with E-state index in [1.807, 2.05) is 0 Å². The highest BCUT2D eigenvalue weighted by atomic mass is 32.1. The lowest BCUT2D eigenvalue weighted by atomic mass is 10.3. The average Bonchev–Trinajstić information content (AvgIpc) is 3.46. The first kappa shape index (κ1) is 19.4. The number of non-ortho nitro benzene ring substituents is 1. The van der Waals surface area contributed by atoms with Crippen molar-refractivity contribution >= 4 is 35.0 Å². The lowest BCUT2D eigenvalue weighted by molar-refractivity contribution is -0.384. The van der Waals surface area contributed by atoms with Crippen molar-refractivity contribution in [2.75, 3.05) is 0 Å². The van der Waals surface area contributed by atoms with E-state index in [4.69, 9.17) is 25.8 Å². The maximum absolute atomic E-state index is 12.6. The van der Waals surface area contributed by atoms with Crippen LogP contribution in [-0.4, -0.2) is 20.8 Å². The van der Waals surface area contributed by atoms with Crippen LogP contribution in [0.15, 0.2) is 69.3 Å². The van der Waals surface area contributed by atoms with Gasteiger partial charge in [0.05, 0.1) is 17.7 Å². The van der Waals surface area contributed by atoms with Crippen LogP contribution in [0.3, 0.4) is 0 Å². The molecule has 1 aliphatic heterocycles. The number of nitrogens with one attached hydrogen (secondary N) is 1. The Morgan fingerprint density at radius 1 is 1.17 bits per heavy atom. The molecule has 152 valence electrons. The summed E-state index contributed by atoms with van der Waals surface area (Å²) in [5.74, 6) is 1.80. The van der Waals surface area contributed by atoms with Gasteiger partial charge in [0.25, 0.3) is 11.6 Å². The molecular weight excluding hydrogens is 410 g/mol. The number of carbonyl (C=O) groups excluding carboxylic acids is 1. The summed E-state index contributed by atoms with van der Waals surface area (Å²) in [6.07, 6.45) is 3.10. The largest absolute Gasteiger partial charge is 0.486 e. The molecule has 0 radical (unpaired) electrons. The number of benzene rings is 1. The van der Waals surface area contributed by atoms with Crippen LogP contribution in [0.4, 0.5) is 5.69 Å². The molecule has 0 saturated carbocycles. The van der Waals surface area contributed by atoms with Gasteiger partial charge in [-0.25, -0.2) is 0 Å². The minimum Gasteiger partial charge on any atom is -0.486 e. The summed E-state index contributed by atoms with van der Waals surface area (Å²) >= 11 is 5.23. The van der Waals surface area contributed by atoms with Gasteiger partial charge in [0.15, 0.2) is 5.11 Å². The van der Waals surface area contributed by atoms with Crippen LogP contribution in [0.1, 0.15) is 17.3 Å². The topological polar surface area (TPSA) is 111 Å². The maximum Gasteiger partial charge on any atom is 0.277 e. The summed E-state index contributed by atoms with van der Waals surface area (Å²) in [6, 6.07) is 12.7. The Morgan fingerprint density at radius 2 is 1.97 bits per heavy atom. The Labute approximate surface area is 175 Å². The maximum atomic E-state index is 12.6. The molecule has 4 rings (SSSR count). The van der Waals surface area contributed by atoms with Gasteiger partial charge < -0.3 is 18.9 Å². The molecule has 9 nitrogen and oxygen atoms in total. The van der Waals surface area contributed by atoms with Gasteiger partial charge in [0.2, 0.25) is 0 Å². The SMILES string of the molecule is O=C1/C(=C\c2ccc(COc3ccc([N+](=O)[O-])cc3)o2)NC(=S)N1Cc1ccco1. The summed E-state index contributed by atoms with van der Waals surface area (Å²) < 4.78 is 16.5. The molecule has 2 aromatic heterocycles. The number of nitro benzene ring substituents is 1. The molecule has 0 bridgehead atoms. The second-order valence-corrected chi connectivity index (χ2v) is 6.69. The van der Waals surface area contributed by atoms with Gasteiger partial charge in [-0.3, -0.25) is 19.8 Å². The molecule has 1 amide bonds. The number of hydrogen-bond acceptors (Lipinski definition) is 7. The Hall–Kier alpha value is -3.92. The number of ether oxygens (including phenoxy) is 1. The second kappa shape index (κ2) is 8.21. The zero-order chi connectivity index (χ0) is 21.1.